The Morgan fingerprint density at radius 3 is 2.82 bits per heavy atom. The molecule has 0 radical (unpaired) electrons. The first-order valence-electron chi connectivity index (χ1n) is 10.8. The summed E-state index contributed by atoms with van der Waals surface area (Å²) in [5, 5.41) is 5.57. The summed E-state index contributed by atoms with van der Waals surface area (Å²) in [4.78, 5) is 24.9. The monoisotopic (exact) mass is 473 g/mol. The van der Waals surface area contributed by atoms with E-state index in [4.69, 9.17) is 9.47 Å². The van der Waals surface area contributed by atoms with Gasteiger partial charge in [-0.15, -0.1) is 0 Å². The number of benzene rings is 2. The summed E-state index contributed by atoms with van der Waals surface area (Å²) >= 11 is 0. The van der Waals surface area contributed by atoms with Gasteiger partial charge in [0.25, 0.3) is 5.91 Å². The maximum Gasteiger partial charge on any atom is 0.265 e. The van der Waals surface area contributed by atoms with E-state index in [-0.39, 0.29) is 29.8 Å². The van der Waals surface area contributed by atoms with Crippen LogP contribution in [0.5, 0.6) is 11.5 Å². The van der Waals surface area contributed by atoms with Crippen LogP contribution in [0.2, 0.25) is 0 Å². The van der Waals surface area contributed by atoms with Gasteiger partial charge in [0.1, 0.15) is 17.5 Å². The van der Waals surface area contributed by atoms with Crippen molar-refractivity contribution in [2.24, 2.45) is 0 Å². The number of carbonyl (C=O) groups is 2. The van der Waals surface area contributed by atoms with Crippen LogP contribution in [0, 0.1) is 6.92 Å². The lowest BCUT2D eigenvalue weighted by Gasteiger charge is -2.27. The number of ether oxygens (including phenoxy) is 2. The highest BCUT2D eigenvalue weighted by Crippen LogP contribution is 2.37. The first-order valence-corrected chi connectivity index (χ1v) is 12.2. The summed E-state index contributed by atoms with van der Waals surface area (Å²) in [6.45, 7) is 3.73. The minimum absolute atomic E-state index is 0.0639. The van der Waals surface area contributed by atoms with Crippen LogP contribution in [-0.2, 0) is 26.2 Å². The van der Waals surface area contributed by atoms with Crippen LogP contribution >= 0.6 is 0 Å². The van der Waals surface area contributed by atoms with Gasteiger partial charge in [-0.3, -0.25) is 9.59 Å². The molecule has 2 heterocycles. The van der Waals surface area contributed by atoms with E-state index >= 15 is 0 Å². The number of nitrogens with one attached hydrogen (secondary N) is 2. The molecule has 2 aliphatic rings. The number of aryl methyl sites for hydroxylation is 1. The summed E-state index contributed by atoms with van der Waals surface area (Å²) in [7, 11) is -2.41. The van der Waals surface area contributed by atoms with Gasteiger partial charge in [-0.05, 0) is 44.4 Å². The van der Waals surface area contributed by atoms with E-state index in [2.05, 4.69) is 10.6 Å². The Morgan fingerprint density at radius 1 is 1.30 bits per heavy atom. The SMILES string of the molecule is COc1ccccc1CNC(=O)[C@H]1CCCN1S(=O)(=O)c1cc2c(cc1C)NC(=O)[C@@H](C)O2. The molecule has 33 heavy (non-hydrogen) atoms. The fourth-order valence-corrected chi connectivity index (χ4v) is 6.07. The highest BCUT2D eigenvalue weighted by molar-refractivity contribution is 7.89. The fraction of sp³-hybridized carbons (Fsp3) is 0.391. The molecule has 2 aromatic carbocycles. The van der Waals surface area contributed by atoms with Crippen molar-refractivity contribution in [2.45, 2.75) is 50.3 Å². The number of methoxy groups -OCH3 is 1. The molecule has 2 aromatic rings. The van der Waals surface area contributed by atoms with Crippen molar-refractivity contribution < 1.29 is 27.5 Å². The molecular weight excluding hydrogens is 446 g/mol. The molecule has 10 heteroatoms. The van der Waals surface area contributed by atoms with Gasteiger partial charge in [0.2, 0.25) is 15.9 Å². The lowest BCUT2D eigenvalue weighted by molar-refractivity contribution is -0.124. The smallest absolute Gasteiger partial charge is 0.265 e. The van der Waals surface area contributed by atoms with E-state index in [1.807, 2.05) is 18.2 Å². The second kappa shape index (κ2) is 9.03. The number of carbonyl (C=O) groups excluding carboxylic acids is 2. The molecule has 2 aliphatic heterocycles. The van der Waals surface area contributed by atoms with E-state index in [1.54, 1.807) is 33.1 Å². The van der Waals surface area contributed by atoms with Crippen molar-refractivity contribution in [3.05, 3.63) is 47.5 Å². The van der Waals surface area contributed by atoms with E-state index in [0.29, 0.717) is 35.6 Å². The Hall–Kier alpha value is -3.11. The molecule has 0 saturated carbocycles. The molecule has 1 fully saturated rings. The minimum Gasteiger partial charge on any atom is -0.496 e. The number of fused-ring (bicyclic) bond motifs is 1. The molecule has 0 aliphatic carbocycles. The standard InChI is InChI=1S/C23H27N3O6S/c1-14-11-17-20(32-15(2)22(27)25-17)12-21(14)33(29,30)26-10-6-8-18(26)23(28)24-13-16-7-4-5-9-19(16)31-3/h4-5,7,9,11-12,15,18H,6,8,10,13H2,1-3H3,(H,24,28)(H,25,27)/t15-,18-/m1/s1. The molecule has 176 valence electrons. The van der Waals surface area contributed by atoms with Crippen LogP contribution in [-0.4, -0.2) is 50.3 Å². The van der Waals surface area contributed by atoms with E-state index in [1.165, 1.54) is 10.4 Å². The lowest BCUT2D eigenvalue weighted by atomic mass is 10.1. The molecule has 0 aromatic heterocycles. The number of rotatable bonds is 6. The highest BCUT2D eigenvalue weighted by Gasteiger charge is 2.40. The van der Waals surface area contributed by atoms with Gasteiger partial charge < -0.3 is 20.1 Å². The van der Waals surface area contributed by atoms with Crippen molar-refractivity contribution in [2.75, 3.05) is 19.0 Å². The lowest BCUT2D eigenvalue weighted by Crippen LogP contribution is -2.45. The summed E-state index contributed by atoms with van der Waals surface area (Å²) in [5.74, 6) is 0.306. The van der Waals surface area contributed by atoms with E-state index in [9.17, 15) is 18.0 Å². The number of sulfonamides is 1. The summed E-state index contributed by atoms with van der Waals surface area (Å²) < 4.78 is 39.3. The minimum atomic E-state index is -3.97. The zero-order valence-corrected chi connectivity index (χ0v) is 19.6. The Labute approximate surface area is 193 Å². The Kier molecular flexibility index (Phi) is 6.31. The second-order valence-electron chi connectivity index (χ2n) is 8.17. The molecule has 4 rings (SSSR count). The van der Waals surface area contributed by atoms with Gasteiger partial charge in [0.05, 0.1) is 17.7 Å². The number of anilines is 1. The number of hydrogen-bond donors (Lipinski definition) is 2. The zero-order valence-electron chi connectivity index (χ0n) is 18.8. The van der Waals surface area contributed by atoms with Crippen LogP contribution in [0.1, 0.15) is 30.9 Å². The predicted molar refractivity (Wildman–Crippen MR) is 122 cm³/mol. The zero-order chi connectivity index (χ0) is 23.8. The Balaban J connectivity index is 1.56. The molecule has 2 atom stereocenters. The average molecular weight is 474 g/mol. The largest absolute Gasteiger partial charge is 0.496 e. The fourth-order valence-electron chi connectivity index (χ4n) is 4.19. The number of amides is 2. The molecule has 0 bridgehead atoms. The third kappa shape index (κ3) is 4.40. The number of nitrogens with zero attached hydrogens (tertiary/aromatic N) is 1. The van der Waals surface area contributed by atoms with Crippen LogP contribution < -0.4 is 20.1 Å². The highest BCUT2D eigenvalue weighted by atomic mass is 32.2. The van der Waals surface area contributed by atoms with E-state index in [0.717, 1.165) is 5.56 Å². The van der Waals surface area contributed by atoms with Gasteiger partial charge in [-0.2, -0.15) is 4.31 Å². The third-order valence-corrected chi connectivity index (χ3v) is 8.00. The quantitative estimate of drug-likeness (QED) is 0.665. The molecule has 1 saturated heterocycles. The van der Waals surface area contributed by atoms with Gasteiger partial charge in [-0.1, -0.05) is 18.2 Å². The molecule has 2 amide bonds. The second-order valence-corrected chi connectivity index (χ2v) is 10.0. The van der Waals surface area contributed by atoms with Crippen molar-refractivity contribution in [1.29, 1.82) is 0 Å². The number of hydrogen-bond acceptors (Lipinski definition) is 6. The molecule has 0 spiro atoms. The Morgan fingerprint density at radius 2 is 2.06 bits per heavy atom. The van der Waals surface area contributed by atoms with Crippen LogP contribution in [0.3, 0.4) is 0 Å². The van der Waals surface area contributed by atoms with Crippen molar-refractivity contribution in [1.82, 2.24) is 9.62 Å². The molecular formula is C23H27N3O6S. The molecule has 9 nitrogen and oxygen atoms in total. The number of para-hydroxylation sites is 1. The van der Waals surface area contributed by atoms with Crippen molar-refractivity contribution in [3.63, 3.8) is 0 Å². The maximum atomic E-state index is 13.6. The topological polar surface area (TPSA) is 114 Å². The summed E-state index contributed by atoms with van der Waals surface area (Å²) in [6, 6.07) is 9.54. The predicted octanol–water partition coefficient (Wildman–Crippen LogP) is 2.19. The summed E-state index contributed by atoms with van der Waals surface area (Å²) in [6.07, 6.45) is 0.292. The Bertz CT molecular complexity index is 1200. The van der Waals surface area contributed by atoms with Gasteiger partial charge in [0.15, 0.2) is 6.10 Å². The molecule has 0 unspecified atom stereocenters. The maximum absolute atomic E-state index is 13.6. The third-order valence-electron chi connectivity index (χ3n) is 5.95. The van der Waals surface area contributed by atoms with Crippen LogP contribution in [0.15, 0.2) is 41.3 Å². The summed E-state index contributed by atoms with van der Waals surface area (Å²) in [5.41, 5.74) is 1.70. The van der Waals surface area contributed by atoms with Crippen LogP contribution in [0.4, 0.5) is 5.69 Å². The van der Waals surface area contributed by atoms with Crippen molar-refractivity contribution in [3.8, 4) is 11.5 Å². The van der Waals surface area contributed by atoms with Gasteiger partial charge >= 0.3 is 0 Å². The normalized spacial score (nSPS) is 20.5. The van der Waals surface area contributed by atoms with Crippen LogP contribution in [0.25, 0.3) is 0 Å². The first kappa shape index (κ1) is 23.1. The molecule has 2 N–H and O–H groups in total. The first-order chi connectivity index (χ1) is 15.7. The average Bonchev–Trinajstić information content (AvgIpc) is 3.29. The van der Waals surface area contributed by atoms with Gasteiger partial charge in [0, 0.05) is 24.7 Å². The van der Waals surface area contributed by atoms with Gasteiger partial charge in [-0.25, -0.2) is 8.42 Å². The van der Waals surface area contributed by atoms with E-state index < -0.39 is 22.2 Å². The van der Waals surface area contributed by atoms with Crippen molar-refractivity contribution >= 4 is 27.5 Å².